The first-order valence-electron chi connectivity index (χ1n) is 6.35. The Labute approximate surface area is 112 Å². The lowest BCUT2D eigenvalue weighted by Gasteiger charge is -2.06. The molecule has 0 aliphatic heterocycles. The minimum atomic E-state index is -0.874. The molecule has 1 aromatic heterocycles. The minimum Gasteiger partial charge on any atom is -0.481 e. The van der Waals surface area contributed by atoms with Crippen molar-refractivity contribution in [3.8, 4) is 0 Å². The molecule has 0 atom stereocenters. The second-order valence-electron chi connectivity index (χ2n) is 4.83. The SMILES string of the molecule is CC(C)CCNC(=O)Cn1cc(CCC(=O)O)nn1. The molecule has 0 bridgehead atoms. The van der Waals surface area contributed by atoms with Gasteiger partial charge in [-0.2, -0.15) is 0 Å². The maximum absolute atomic E-state index is 11.6. The molecule has 0 fully saturated rings. The number of aliphatic carboxylic acids is 1. The maximum atomic E-state index is 11.6. The minimum absolute atomic E-state index is 0.0132. The van der Waals surface area contributed by atoms with Gasteiger partial charge in [0.1, 0.15) is 6.54 Å². The molecular weight excluding hydrogens is 248 g/mol. The van der Waals surface area contributed by atoms with Crippen LogP contribution in [-0.2, 0) is 22.6 Å². The van der Waals surface area contributed by atoms with Gasteiger partial charge in [0.2, 0.25) is 5.91 Å². The average Bonchev–Trinajstić information content (AvgIpc) is 2.73. The number of carboxylic acid groups (broad SMARTS) is 1. The molecule has 1 rings (SSSR count). The van der Waals surface area contributed by atoms with Gasteiger partial charge in [0.05, 0.1) is 12.1 Å². The molecule has 0 saturated heterocycles. The normalized spacial score (nSPS) is 10.7. The Morgan fingerprint density at radius 1 is 1.47 bits per heavy atom. The number of carbonyl (C=O) groups is 2. The molecule has 1 aromatic rings. The van der Waals surface area contributed by atoms with Crippen molar-refractivity contribution in [1.82, 2.24) is 20.3 Å². The van der Waals surface area contributed by atoms with E-state index in [1.807, 2.05) is 0 Å². The Hall–Kier alpha value is -1.92. The summed E-state index contributed by atoms with van der Waals surface area (Å²) < 4.78 is 1.42. The fraction of sp³-hybridized carbons (Fsp3) is 0.667. The maximum Gasteiger partial charge on any atom is 0.303 e. The summed E-state index contributed by atoms with van der Waals surface area (Å²) in [6.45, 7) is 4.95. The van der Waals surface area contributed by atoms with Crippen LogP contribution in [0, 0.1) is 5.92 Å². The van der Waals surface area contributed by atoms with Crippen molar-refractivity contribution < 1.29 is 14.7 Å². The van der Waals surface area contributed by atoms with Crippen LogP contribution in [0.25, 0.3) is 0 Å². The Kier molecular flexibility index (Phi) is 5.98. The summed E-state index contributed by atoms with van der Waals surface area (Å²) in [6, 6.07) is 0. The van der Waals surface area contributed by atoms with E-state index in [-0.39, 0.29) is 18.9 Å². The van der Waals surface area contributed by atoms with Crippen molar-refractivity contribution in [2.75, 3.05) is 6.54 Å². The molecule has 2 N–H and O–H groups in total. The highest BCUT2D eigenvalue weighted by atomic mass is 16.4. The van der Waals surface area contributed by atoms with Crippen LogP contribution in [0.3, 0.4) is 0 Å². The predicted molar refractivity (Wildman–Crippen MR) is 68.4 cm³/mol. The van der Waals surface area contributed by atoms with Crippen molar-refractivity contribution >= 4 is 11.9 Å². The molecule has 7 heteroatoms. The molecular formula is C12H20N4O3. The van der Waals surface area contributed by atoms with Gasteiger partial charge in [-0.05, 0) is 12.3 Å². The third-order valence-corrected chi connectivity index (χ3v) is 2.53. The van der Waals surface area contributed by atoms with E-state index in [1.54, 1.807) is 6.20 Å². The second kappa shape index (κ2) is 7.50. The number of hydrogen-bond donors (Lipinski definition) is 2. The van der Waals surface area contributed by atoms with E-state index < -0.39 is 5.97 Å². The number of rotatable bonds is 8. The monoisotopic (exact) mass is 268 g/mol. The zero-order valence-corrected chi connectivity index (χ0v) is 11.3. The van der Waals surface area contributed by atoms with Gasteiger partial charge in [-0.25, -0.2) is 4.68 Å². The molecule has 1 amide bonds. The first kappa shape index (κ1) is 15.1. The molecule has 0 aliphatic rings. The van der Waals surface area contributed by atoms with Crippen LogP contribution >= 0.6 is 0 Å². The molecule has 0 aromatic carbocycles. The van der Waals surface area contributed by atoms with E-state index in [2.05, 4.69) is 29.5 Å². The van der Waals surface area contributed by atoms with Gasteiger partial charge in [0, 0.05) is 19.2 Å². The summed E-state index contributed by atoms with van der Waals surface area (Å²) in [7, 11) is 0. The first-order chi connectivity index (χ1) is 8.97. The van der Waals surface area contributed by atoms with Crippen molar-refractivity contribution in [3.05, 3.63) is 11.9 Å². The molecule has 7 nitrogen and oxygen atoms in total. The molecule has 106 valence electrons. The van der Waals surface area contributed by atoms with E-state index >= 15 is 0 Å². The lowest BCUT2D eigenvalue weighted by Crippen LogP contribution is -2.29. The first-order valence-corrected chi connectivity index (χ1v) is 6.35. The number of amides is 1. The van der Waals surface area contributed by atoms with E-state index in [1.165, 1.54) is 4.68 Å². The summed E-state index contributed by atoms with van der Waals surface area (Å²) in [5, 5.41) is 19.0. The average molecular weight is 268 g/mol. The van der Waals surface area contributed by atoms with Gasteiger partial charge < -0.3 is 10.4 Å². The molecule has 1 heterocycles. The lowest BCUT2D eigenvalue weighted by molar-refractivity contribution is -0.137. The topological polar surface area (TPSA) is 97.1 Å². The number of aryl methyl sites for hydroxylation is 1. The molecule has 19 heavy (non-hydrogen) atoms. The van der Waals surface area contributed by atoms with E-state index in [0.29, 0.717) is 24.6 Å². The van der Waals surface area contributed by atoms with Crippen molar-refractivity contribution in [3.63, 3.8) is 0 Å². The highest BCUT2D eigenvalue weighted by Gasteiger charge is 2.07. The van der Waals surface area contributed by atoms with Gasteiger partial charge in [0.25, 0.3) is 0 Å². The Balaban J connectivity index is 2.32. The van der Waals surface area contributed by atoms with Gasteiger partial charge in [-0.3, -0.25) is 9.59 Å². The third-order valence-electron chi connectivity index (χ3n) is 2.53. The molecule has 0 saturated carbocycles. The number of nitrogens with zero attached hydrogens (tertiary/aromatic N) is 3. The Bertz CT molecular complexity index is 428. The van der Waals surface area contributed by atoms with Gasteiger partial charge in [-0.15, -0.1) is 5.10 Å². The molecule has 0 unspecified atom stereocenters. The van der Waals surface area contributed by atoms with Crippen LogP contribution in [0.5, 0.6) is 0 Å². The largest absolute Gasteiger partial charge is 0.481 e. The summed E-state index contributed by atoms with van der Waals surface area (Å²) >= 11 is 0. The zero-order valence-electron chi connectivity index (χ0n) is 11.3. The fourth-order valence-electron chi connectivity index (χ4n) is 1.47. The number of nitrogens with one attached hydrogen (secondary N) is 1. The van der Waals surface area contributed by atoms with Crippen LogP contribution < -0.4 is 5.32 Å². The van der Waals surface area contributed by atoms with Gasteiger partial charge in [-0.1, -0.05) is 19.1 Å². The van der Waals surface area contributed by atoms with Gasteiger partial charge >= 0.3 is 5.97 Å². The molecule has 0 spiro atoms. The summed E-state index contributed by atoms with van der Waals surface area (Å²) in [5.74, 6) is -0.439. The van der Waals surface area contributed by atoms with E-state index in [9.17, 15) is 9.59 Å². The van der Waals surface area contributed by atoms with Crippen molar-refractivity contribution in [2.45, 2.75) is 39.7 Å². The highest BCUT2D eigenvalue weighted by molar-refractivity contribution is 5.75. The van der Waals surface area contributed by atoms with Crippen LogP contribution in [0.4, 0.5) is 0 Å². The summed E-state index contributed by atoms with van der Waals surface area (Å²) in [6.07, 6.45) is 2.88. The Morgan fingerprint density at radius 2 is 2.21 bits per heavy atom. The van der Waals surface area contributed by atoms with Gasteiger partial charge in [0.15, 0.2) is 0 Å². The smallest absolute Gasteiger partial charge is 0.303 e. The van der Waals surface area contributed by atoms with E-state index in [4.69, 9.17) is 5.11 Å². The highest BCUT2D eigenvalue weighted by Crippen LogP contribution is 1.99. The summed E-state index contributed by atoms with van der Waals surface area (Å²) in [5.41, 5.74) is 0.581. The number of hydrogen-bond acceptors (Lipinski definition) is 4. The number of carbonyl (C=O) groups excluding carboxylic acids is 1. The van der Waals surface area contributed by atoms with Crippen molar-refractivity contribution in [2.24, 2.45) is 5.92 Å². The van der Waals surface area contributed by atoms with E-state index in [0.717, 1.165) is 6.42 Å². The molecule has 0 radical (unpaired) electrons. The quantitative estimate of drug-likeness (QED) is 0.713. The van der Waals surface area contributed by atoms with Crippen LogP contribution in [0.2, 0.25) is 0 Å². The molecule has 0 aliphatic carbocycles. The fourth-order valence-corrected chi connectivity index (χ4v) is 1.47. The number of carboxylic acids is 1. The Morgan fingerprint density at radius 3 is 2.84 bits per heavy atom. The van der Waals surface area contributed by atoms with Crippen molar-refractivity contribution in [1.29, 1.82) is 0 Å². The summed E-state index contributed by atoms with van der Waals surface area (Å²) in [4.78, 5) is 22.0. The zero-order chi connectivity index (χ0) is 14.3. The van der Waals surface area contributed by atoms with Crippen LogP contribution in [0.15, 0.2) is 6.20 Å². The standard InChI is InChI=1S/C12H20N4O3/c1-9(2)5-6-13-11(17)8-16-7-10(14-15-16)3-4-12(18)19/h7,9H,3-6,8H2,1-2H3,(H,13,17)(H,18,19). The predicted octanol–water partition coefficient (Wildman–Crippen LogP) is 0.458. The lowest BCUT2D eigenvalue weighted by atomic mass is 10.1. The van der Waals surface area contributed by atoms with Crippen LogP contribution in [0.1, 0.15) is 32.4 Å². The van der Waals surface area contributed by atoms with Crippen LogP contribution in [-0.4, -0.2) is 38.5 Å². The third kappa shape index (κ3) is 6.54. The number of aromatic nitrogens is 3. The second-order valence-corrected chi connectivity index (χ2v) is 4.83.